The third-order valence-electron chi connectivity index (χ3n) is 3.58. The van der Waals surface area contributed by atoms with E-state index in [9.17, 15) is 4.79 Å². The molecule has 1 amide bonds. The van der Waals surface area contributed by atoms with Gasteiger partial charge < -0.3 is 14.4 Å². The lowest BCUT2D eigenvalue weighted by atomic mass is 10.1. The van der Waals surface area contributed by atoms with Gasteiger partial charge in [-0.3, -0.25) is 4.79 Å². The SMILES string of the molecule is C=CCN(Cc1ccc(OC)cc1)C(=O)c1c(Br)cccc1OC. The zero-order valence-electron chi connectivity index (χ0n) is 13.8. The molecule has 4 nitrogen and oxygen atoms in total. The Labute approximate surface area is 150 Å². The van der Waals surface area contributed by atoms with Crippen molar-refractivity contribution < 1.29 is 14.3 Å². The predicted molar refractivity (Wildman–Crippen MR) is 98.6 cm³/mol. The molecule has 0 heterocycles. The maximum absolute atomic E-state index is 13.0. The highest BCUT2D eigenvalue weighted by molar-refractivity contribution is 9.10. The van der Waals surface area contributed by atoms with E-state index in [4.69, 9.17) is 9.47 Å². The first-order valence-electron chi connectivity index (χ1n) is 7.46. The summed E-state index contributed by atoms with van der Waals surface area (Å²) in [5.41, 5.74) is 1.52. The topological polar surface area (TPSA) is 38.8 Å². The smallest absolute Gasteiger partial charge is 0.259 e. The van der Waals surface area contributed by atoms with Crippen molar-refractivity contribution in [2.24, 2.45) is 0 Å². The highest BCUT2D eigenvalue weighted by atomic mass is 79.9. The normalized spacial score (nSPS) is 10.1. The molecule has 0 spiro atoms. The highest BCUT2D eigenvalue weighted by Gasteiger charge is 2.21. The Hall–Kier alpha value is -2.27. The molecule has 0 unspecified atom stereocenters. The van der Waals surface area contributed by atoms with Gasteiger partial charge in [-0.25, -0.2) is 0 Å². The molecule has 5 heteroatoms. The molecule has 0 N–H and O–H groups in total. The van der Waals surface area contributed by atoms with Crippen molar-refractivity contribution in [3.8, 4) is 11.5 Å². The second-order valence-electron chi connectivity index (χ2n) is 5.14. The van der Waals surface area contributed by atoms with Gasteiger partial charge in [-0.2, -0.15) is 0 Å². The van der Waals surface area contributed by atoms with E-state index >= 15 is 0 Å². The molecule has 0 fully saturated rings. The Balaban J connectivity index is 2.29. The first-order valence-corrected chi connectivity index (χ1v) is 8.25. The summed E-state index contributed by atoms with van der Waals surface area (Å²) in [6.07, 6.45) is 1.71. The van der Waals surface area contributed by atoms with Gasteiger partial charge in [0.25, 0.3) is 5.91 Å². The van der Waals surface area contributed by atoms with Gasteiger partial charge in [-0.15, -0.1) is 6.58 Å². The Bertz CT molecular complexity index is 713. The number of hydrogen-bond donors (Lipinski definition) is 0. The quantitative estimate of drug-likeness (QED) is 0.662. The fourth-order valence-corrected chi connectivity index (χ4v) is 2.88. The van der Waals surface area contributed by atoms with E-state index in [1.54, 1.807) is 31.3 Å². The second-order valence-corrected chi connectivity index (χ2v) is 5.99. The summed E-state index contributed by atoms with van der Waals surface area (Å²) in [6, 6.07) is 13.1. The van der Waals surface area contributed by atoms with Crippen molar-refractivity contribution in [2.45, 2.75) is 6.54 Å². The Morgan fingerprint density at radius 3 is 2.46 bits per heavy atom. The molecule has 0 radical (unpaired) electrons. The fourth-order valence-electron chi connectivity index (χ4n) is 2.37. The van der Waals surface area contributed by atoms with E-state index in [1.807, 2.05) is 36.4 Å². The van der Waals surface area contributed by atoms with Crippen LogP contribution in [-0.2, 0) is 6.54 Å². The first kappa shape index (κ1) is 18.1. The maximum atomic E-state index is 13.0. The largest absolute Gasteiger partial charge is 0.497 e. The molecule has 0 saturated heterocycles. The zero-order valence-corrected chi connectivity index (χ0v) is 15.4. The predicted octanol–water partition coefficient (Wildman–Crippen LogP) is 4.29. The molecule has 0 bridgehead atoms. The average molecular weight is 390 g/mol. The number of hydrogen-bond acceptors (Lipinski definition) is 3. The fraction of sp³-hybridized carbons (Fsp3) is 0.211. The van der Waals surface area contributed by atoms with E-state index < -0.39 is 0 Å². The summed E-state index contributed by atoms with van der Waals surface area (Å²) in [4.78, 5) is 14.7. The summed E-state index contributed by atoms with van der Waals surface area (Å²) in [6.45, 7) is 4.67. The Morgan fingerprint density at radius 1 is 1.17 bits per heavy atom. The number of carbonyl (C=O) groups excluding carboxylic acids is 1. The van der Waals surface area contributed by atoms with Gasteiger partial charge in [0.15, 0.2) is 0 Å². The van der Waals surface area contributed by atoms with Crippen molar-refractivity contribution in [2.75, 3.05) is 20.8 Å². The number of ether oxygens (including phenoxy) is 2. The third kappa shape index (κ3) is 4.17. The van der Waals surface area contributed by atoms with Crippen molar-refractivity contribution in [1.29, 1.82) is 0 Å². The number of methoxy groups -OCH3 is 2. The van der Waals surface area contributed by atoms with Crippen LogP contribution < -0.4 is 9.47 Å². The summed E-state index contributed by atoms with van der Waals surface area (Å²) in [7, 11) is 3.18. The Morgan fingerprint density at radius 2 is 1.88 bits per heavy atom. The molecule has 2 aromatic rings. The van der Waals surface area contributed by atoms with Crippen LogP contribution in [0.5, 0.6) is 11.5 Å². The van der Waals surface area contributed by atoms with Crippen LogP contribution in [0.1, 0.15) is 15.9 Å². The van der Waals surface area contributed by atoms with Crippen LogP contribution in [0.2, 0.25) is 0 Å². The van der Waals surface area contributed by atoms with Crippen molar-refractivity contribution in [3.05, 3.63) is 70.7 Å². The van der Waals surface area contributed by atoms with Gasteiger partial charge >= 0.3 is 0 Å². The minimum absolute atomic E-state index is 0.116. The minimum atomic E-state index is -0.116. The lowest BCUT2D eigenvalue weighted by molar-refractivity contribution is 0.0758. The molecule has 0 saturated carbocycles. The van der Waals surface area contributed by atoms with Gasteiger partial charge in [0, 0.05) is 17.6 Å². The third-order valence-corrected chi connectivity index (χ3v) is 4.24. The molecule has 0 aliphatic heterocycles. The van der Waals surface area contributed by atoms with Crippen LogP contribution >= 0.6 is 15.9 Å². The Kier molecular flexibility index (Phi) is 6.44. The molecule has 2 rings (SSSR count). The monoisotopic (exact) mass is 389 g/mol. The molecular weight excluding hydrogens is 370 g/mol. The number of nitrogens with zero attached hydrogens (tertiary/aromatic N) is 1. The average Bonchev–Trinajstić information content (AvgIpc) is 2.61. The molecule has 0 aromatic heterocycles. The molecule has 0 aliphatic rings. The summed E-state index contributed by atoms with van der Waals surface area (Å²) >= 11 is 3.44. The van der Waals surface area contributed by atoms with Crippen molar-refractivity contribution in [1.82, 2.24) is 4.90 Å². The van der Waals surface area contributed by atoms with E-state index in [-0.39, 0.29) is 5.91 Å². The highest BCUT2D eigenvalue weighted by Crippen LogP contribution is 2.28. The van der Waals surface area contributed by atoms with Crippen LogP contribution in [0.3, 0.4) is 0 Å². The molecule has 0 atom stereocenters. The number of rotatable bonds is 7. The molecule has 126 valence electrons. The number of halogens is 1. The van der Waals surface area contributed by atoms with E-state index in [0.29, 0.717) is 28.9 Å². The summed E-state index contributed by atoms with van der Waals surface area (Å²) in [5, 5.41) is 0. The van der Waals surface area contributed by atoms with Crippen LogP contribution in [0.15, 0.2) is 59.6 Å². The van der Waals surface area contributed by atoms with Crippen LogP contribution in [0, 0.1) is 0 Å². The van der Waals surface area contributed by atoms with Crippen LogP contribution in [0.4, 0.5) is 0 Å². The van der Waals surface area contributed by atoms with Gasteiger partial charge in [-0.1, -0.05) is 24.3 Å². The first-order chi connectivity index (χ1) is 11.6. The molecular formula is C19H20BrNO3. The summed E-state index contributed by atoms with van der Waals surface area (Å²) in [5.74, 6) is 1.21. The molecule has 24 heavy (non-hydrogen) atoms. The van der Waals surface area contributed by atoms with E-state index in [0.717, 1.165) is 11.3 Å². The van der Waals surface area contributed by atoms with Crippen molar-refractivity contribution in [3.63, 3.8) is 0 Å². The van der Waals surface area contributed by atoms with E-state index in [1.165, 1.54) is 0 Å². The molecule has 0 aliphatic carbocycles. The van der Waals surface area contributed by atoms with Crippen LogP contribution in [-0.4, -0.2) is 31.6 Å². The number of benzene rings is 2. The maximum Gasteiger partial charge on any atom is 0.259 e. The molecule has 2 aromatic carbocycles. The summed E-state index contributed by atoms with van der Waals surface area (Å²) < 4.78 is 11.2. The standard InChI is InChI=1S/C19H20BrNO3/c1-4-12-21(13-14-8-10-15(23-2)11-9-14)19(22)18-16(20)6-5-7-17(18)24-3/h4-11H,1,12-13H2,2-3H3. The number of amides is 1. The van der Waals surface area contributed by atoms with Gasteiger partial charge in [-0.05, 0) is 45.8 Å². The van der Waals surface area contributed by atoms with Gasteiger partial charge in [0.05, 0.1) is 19.8 Å². The lowest BCUT2D eigenvalue weighted by Crippen LogP contribution is -2.31. The zero-order chi connectivity index (χ0) is 17.5. The second kappa shape index (κ2) is 8.55. The van der Waals surface area contributed by atoms with Crippen molar-refractivity contribution >= 4 is 21.8 Å². The lowest BCUT2D eigenvalue weighted by Gasteiger charge is -2.23. The number of carbonyl (C=O) groups is 1. The van der Waals surface area contributed by atoms with Gasteiger partial charge in [0.2, 0.25) is 0 Å². The van der Waals surface area contributed by atoms with E-state index in [2.05, 4.69) is 22.5 Å². The van der Waals surface area contributed by atoms with Crippen LogP contribution in [0.25, 0.3) is 0 Å². The minimum Gasteiger partial charge on any atom is -0.497 e. The van der Waals surface area contributed by atoms with Gasteiger partial charge in [0.1, 0.15) is 11.5 Å².